The largest absolute Gasteiger partial charge is 0.462 e. The molecular formula is C18H18F3N3O4. The summed E-state index contributed by atoms with van der Waals surface area (Å²) in [6.45, 7) is 0.757. The number of hydrogen-bond acceptors (Lipinski definition) is 6. The van der Waals surface area contributed by atoms with E-state index in [0.717, 1.165) is 37.1 Å². The number of anilines is 1. The molecule has 0 bridgehead atoms. The van der Waals surface area contributed by atoms with Gasteiger partial charge in [-0.25, -0.2) is 9.78 Å². The van der Waals surface area contributed by atoms with Crippen LogP contribution in [0.3, 0.4) is 0 Å². The average Bonchev–Trinajstić information content (AvgIpc) is 2.67. The molecule has 2 rings (SSSR count). The quantitative estimate of drug-likeness (QED) is 0.291. The molecule has 0 saturated heterocycles. The molecular weight excluding hydrogens is 379 g/mol. The number of halogens is 3. The number of aromatic nitrogens is 1. The minimum atomic E-state index is -4.44. The Labute approximate surface area is 158 Å². The Hall–Kier alpha value is -3.17. The number of pyridine rings is 1. The Balaban J connectivity index is 1.61. The number of ether oxygens (including phenoxy) is 1. The molecule has 1 aromatic heterocycles. The van der Waals surface area contributed by atoms with E-state index in [2.05, 4.69) is 10.3 Å². The second kappa shape index (κ2) is 9.67. The molecule has 1 N–H and O–H groups in total. The van der Waals surface area contributed by atoms with E-state index in [0.29, 0.717) is 18.8 Å². The van der Waals surface area contributed by atoms with E-state index < -0.39 is 22.6 Å². The predicted octanol–water partition coefficient (Wildman–Crippen LogP) is 4.45. The summed E-state index contributed by atoms with van der Waals surface area (Å²) in [6, 6.07) is 6.74. The van der Waals surface area contributed by atoms with Gasteiger partial charge in [-0.2, -0.15) is 13.2 Å². The Bertz CT molecular complexity index is 793. The van der Waals surface area contributed by atoms with Crippen molar-refractivity contribution in [3.05, 3.63) is 63.8 Å². The van der Waals surface area contributed by atoms with Gasteiger partial charge in [-0.15, -0.1) is 0 Å². The molecule has 2 aromatic rings. The van der Waals surface area contributed by atoms with Crippen LogP contribution in [-0.2, 0) is 10.9 Å². The predicted molar refractivity (Wildman–Crippen MR) is 95.0 cm³/mol. The van der Waals surface area contributed by atoms with Crippen molar-refractivity contribution in [2.45, 2.75) is 25.4 Å². The molecule has 0 saturated carbocycles. The minimum Gasteiger partial charge on any atom is -0.462 e. The van der Waals surface area contributed by atoms with Crippen LogP contribution >= 0.6 is 0 Å². The lowest BCUT2D eigenvalue weighted by Crippen LogP contribution is -2.09. The van der Waals surface area contributed by atoms with Gasteiger partial charge < -0.3 is 10.1 Å². The van der Waals surface area contributed by atoms with E-state index >= 15 is 0 Å². The summed E-state index contributed by atoms with van der Waals surface area (Å²) < 4.78 is 42.5. The van der Waals surface area contributed by atoms with Crippen molar-refractivity contribution in [2.75, 3.05) is 18.5 Å². The van der Waals surface area contributed by atoms with Crippen molar-refractivity contribution in [3.63, 3.8) is 0 Å². The first-order valence-electron chi connectivity index (χ1n) is 8.46. The van der Waals surface area contributed by atoms with E-state index in [-0.39, 0.29) is 17.9 Å². The van der Waals surface area contributed by atoms with Crippen LogP contribution in [0.4, 0.5) is 24.7 Å². The fourth-order valence-corrected chi connectivity index (χ4v) is 2.26. The number of carbonyl (C=O) groups excluding carboxylic acids is 1. The molecule has 0 fully saturated rings. The average molecular weight is 397 g/mol. The van der Waals surface area contributed by atoms with Crippen LogP contribution in [0, 0.1) is 10.1 Å². The second-order valence-corrected chi connectivity index (χ2v) is 5.86. The number of nitro groups is 1. The fraction of sp³-hybridized carbons (Fsp3) is 0.333. The van der Waals surface area contributed by atoms with Crippen molar-refractivity contribution in [1.29, 1.82) is 0 Å². The van der Waals surface area contributed by atoms with Gasteiger partial charge in [0.1, 0.15) is 12.0 Å². The molecule has 0 unspecified atom stereocenters. The maximum Gasteiger partial charge on any atom is 0.416 e. The lowest BCUT2D eigenvalue weighted by molar-refractivity contribution is -0.385. The molecule has 1 heterocycles. The molecule has 0 spiro atoms. The summed E-state index contributed by atoms with van der Waals surface area (Å²) in [5.74, 6) is -0.138. The van der Waals surface area contributed by atoms with Crippen molar-refractivity contribution in [2.24, 2.45) is 0 Å². The van der Waals surface area contributed by atoms with E-state index in [1.54, 1.807) is 0 Å². The number of nitrogens with one attached hydrogen (secondary N) is 1. The Morgan fingerprint density at radius 3 is 2.39 bits per heavy atom. The molecule has 0 radical (unpaired) electrons. The number of carbonyl (C=O) groups is 1. The number of unbranched alkanes of at least 4 members (excludes halogenated alkanes) is 2. The Morgan fingerprint density at radius 2 is 1.82 bits per heavy atom. The second-order valence-electron chi connectivity index (χ2n) is 5.86. The molecule has 10 heteroatoms. The van der Waals surface area contributed by atoms with Gasteiger partial charge in [-0.05, 0) is 49.6 Å². The molecule has 0 aliphatic heterocycles. The highest BCUT2D eigenvalue weighted by Crippen LogP contribution is 2.29. The molecule has 28 heavy (non-hydrogen) atoms. The van der Waals surface area contributed by atoms with Gasteiger partial charge in [0, 0.05) is 12.6 Å². The topological polar surface area (TPSA) is 94.4 Å². The van der Waals surface area contributed by atoms with Gasteiger partial charge in [0.15, 0.2) is 0 Å². The highest BCUT2D eigenvalue weighted by Gasteiger charge is 2.30. The number of esters is 1. The third-order valence-electron chi connectivity index (χ3n) is 3.77. The summed E-state index contributed by atoms with van der Waals surface area (Å²) in [6.07, 6.45) is -1.16. The monoisotopic (exact) mass is 397 g/mol. The number of hydrogen-bond donors (Lipinski definition) is 1. The van der Waals surface area contributed by atoms with Crippen LogP contribution in [0.5, 0.6) is 0 Å². The van der Waals surface area contributed by atoms with Crippen molar-refractivity contribution < 1.29 is 27.6 Å². The summed E-state index contributed by atoms with van der Waals surface area (Å²) in [7, 11) is 0. The van der Waals surface area contributed by atoms with Crippen LogP contribution in [0.2, 0.25) is 0 Å². The molecule has 150 valence electrons. The molecule has 0 amide bonds. The first kappa shape index (κ1) is 21.1. The summed E-state index contributed by atoms with van der Waals surface area (Å²) in [5, 5.41) is 13.6. The molecule has 0 aliphatic carbocycles. The normalized spacial score (nSPS) is 11.1. The van der Waals surface area contributed by atoms with Crippen LogP contribution in [0.1, 0.15) is 35.2 Å². The summed E-state index contributed by atoms with van der Waals surface area (Å²) in [5.41, 5.74) is -0.835. The Kier molecular flexibility index (Phi) is 7.30. The van der Waals surface area contributed by atoms with Gasteiger partial charge in [0.25, 0.3) is 5.69 Å². The van der Waals surface area contributed by atoms with Crippen molar-refractivity contribution >= 4 is 17.5 Å². The first-order valence-corrected chi connectivity index (χ1v) is 8.46. The maximum absolute atomic E-state index is 12.5. The van der Waals surface area contributed by atoms with Crippen LogP contribution in [0.15, 0.2) is 42.6 Å². The van der Waals surface area contributed by atoms with Gasteiger partial charge in [0.2, 0.25) is 0 Å². The summed E-state index contributed by atoms with van der Waals surface area (Å²) in [4.78, 5) is 25.7. The van der Waals surface area contributed by atoms with Crippen molar-refractivity contribution in [3.8, 4) is 0 Å². The smallest absolute Gasteiger partial charge is 0.416 e. The molecule has 0 aliphatic rings. The first-order chi connectivity index (χ1) is 13.3. The van der Waals surface area contributed by atoms with Gasteiger partial charge in [-0.3, -0.25) is 10.1 Å². The number of benzene rings is 1. The maximum atomic E-state index is 12.5. The zero-order valence-corrected chi connectivity index (χ0v) is 14.7. The van der Waals surface area contributed by atoms with Crippen LogP contribution in [0.25, 0.3) is 0 Å². The lowest BCUT2D eigenvalue weighted by atomic mass is 10.1. The highest BCUT2D eigenvalue weighted by atomic mass is 19.4. The number of alkyl halides is 3. The molecule has 1 aromatic carbocycles. The molecule has 0 atom stereocenters. The van der Waals surface area contributed by atoms with Crippen LogP contribution in [-0.4, -0.2) is 29.0 Å². The lowest BCUT2D eigenvalue weighted by Gasteiger charge is -2.08. The number of nitrogens with zero attached hydrogens (tertiary/aromatic N) is 2. The van der Waals surface area contributed by atoms with E-state index in [1.165, 1.54) is 18.3 Å². The zero-order chi connectivity index (χ0) is 20.6. The van der Waals surface area contributed by atoms with E-state index in [1.807, 2.05) is 0 Å². The SMILES string of the molecule is O=C(OCCCCCNc1ccc([N+](=O)[O-])cn1)c1ccc(C(F)(F)F)cc1. The van der Waals surface area contributed by atoms with Gasteiger partial charge in [-0.1, -0.05) is 0 Å². The van der Waals surface area contributed by atoms with Crippen LogP contribution < -0.4 is 5.32 Å². The third kappa shape index (κ3) is 6.53. The zero-order valence-electron chi connectivity index (χ0n) is 14.7. The summed E-state index contributed by atoms with van der Waals surface area (Å²) >= 11 is 0. The fourth-order valence-electron chi connectivity index (χ4n) is 2.26. The Morgan fingerprint density at radius 1 is 1.11 bits per heavy atom. The third-order valence-corrected chi connectivity index (χ3v) is 3.77. The highest BCUT2D eigenvalue weighted by molar-refractivity contribution is 5.89. The van der Waals surface area contributed by atoms with Gasteiger partial charge in [0.05, 0.1) is 22.7 Å². The van der Waals surface area contributed by atoms with Gasteiger partial charge >= 0.3 is 12.1 Å². The molecule has 7 nitrogen and oxygen atoms in total. The van der Waals surface area contributed by atoms with E-state index in [9.17, 15) is 28.1 Å². The minimum absolute atomic E-state index is 0.0684. The number of rotatable bonds is 9. The van der Waals surface area contributed by atoms with E-state index in [4.69, 9.17) is 4.74 Å². The van der Waals surface area contributed by atoms with Crippen molar-refractivity contribution in [1.82, 2.24) is 4.98 Å². The standard InChI is InChI=1S/C18H18F3N3O4/c19-18(20,21)14-6-4-13(5-7-14)17(25)28-11-3-1-2-10-22-16-9-8-15(12-23-16)24(26)27/h4-9,12H,1-3,10-11H2,(H,22,23).